The molecule has 0 atom stereocenters. The van der Waals surface area contributed by atoms with E-state index in [9.17, 15) is 13.2 Å². The summed E-state index contributed by atoms with van der Waals surface area (Å²) in [5.41, 5.74) is 1.58. The second kappa shape index (κ2) is 6.94. The molecule has 7 heteroatoms. The summed E-state index contributed by atoms with van der Waals surface area (Å²) in [6.45, 7) is 3.39. The van der Waals surface area contributed by atoms with Crippen LogP contribution < -0.4 is 0 Å². The largest absolute Gasteiger partial charge is 0.351 e. The van der Waals surface area contributed by atoms with Gasteiger partial charge in [0.1, 0.15) is 15.5 Å². The van der Waals surface area contributed by atoms with Crippen LogP contribution in [0.25, 0.3) is 10.9 Å². The van der Waals surface area contributed by atoms with Crippen LogP contribution in [0.1, 0.15) is 16.9 Å². The van der Waals surface area contributed by atoms with Crippen molar-refractivity contribution in [1.82, 2.24) is 14.8 Å². The Bertz CT molecular complexity index is 795. The maximum absolute atomic E-state index is 12.7. The maximum Gasteiger partial charge on any atom is 0.270 e. The highest BCUT2D eigenvalue weighted by Gasteiger charge is 2.22. The van der Waals surface area contributed by atoms with E-state index in [1.54, 1.807) is 0 Å². The van der Waals surface area contributed by atoms with Gasteiger partial charge in [0, 0.05) is 43.3 Å². The number of para-hydroxylation sites is 1. The molecule has 1 aromatic heterocycles. The van der Waals surface area contributed by atoms with Crippen LogP contribution >= 0.6 is 0 Å². The molecule has 3 rings (SSSR count). The van der Waals surface area contributed by atoms with Crippen LogP contribution in [0, 0.1) is 0 Å². The first-order valence-electron chi connectivity index (χ1n) is 8.19. The Kier molecular flexibility index (Phi) is 4.91. The molecule has 0 aliphatic carbocycles. The standard InChI is InChI=1S/C17H23N3O3S/c1-24(22,23)12-11-19-7-4-8-20(10-9-19)17(21)16-13-14-5-2-3-6-15(14)18-16/h2-3,5-6,13,18H,4,7-12H2,1H3. The molecular weight excluding hydrogens is 326 g/mol. The summed E-state index contributed by atoms with van der Waals surface area (Å²) in [4.78, 5) is 19.9. The van der Waals surface area contributed by atoms with Crippen molar-refractivity contribution in [2.75, 3.05) is 44.7 Å². The molecule has 6 nitrogen and oxygen atoms in total. The molecule has 1 fully saturated rings. The minimum Gasteiger partial charge on any atom is -0.351 e. The van der Waals surface area contributed by atoms with E-state index in [1.165, 1.54) is 6.26 Å². The third-order valence-electron chi connectivity index (χ3n) is 4.41. The van der Waals surface area contributed by atoms with E-state index < -0.39 is 9.84 Å². The number of carbonyl (C=O) groups is 1. The lowest BCUT2D eigenvalue weighted by Crippen LogP contribution is -2.36. The Morgan fingerprint density at radius 1 is 1.17 bits per heavy atom. The van der Waals surface area contributed by atoms with Crippen molar-refractivity contribution in [2.24, 2.45) is 0 Å². The fourth-order valence-electron chi connectivity index (χ4n) is 3.05. The number of H-pyrrole nitrogens is 1. The quantitative estimate of drug-likeness (QED) is 0.904. The minimum absolute atomic E-state index is 0.0103. The first kappa shape index (κ1) is 17.0. The monoisotopic (exact) mass is 349 g/mol. The van der Waals surface area contributed by atoms with Crippen molar-refractivity contribution in [3.63, 3.8) is 0 Å². The van der Waals surface area contributed by atoms with Crippen molar-refractivity contribution in [3.8, 4) is 0 Å². The number of hydrogen-bond donors (Lipinski definition) is 1. The summed E-state index contributed by atoms with van der Waals surface area (Å²) < 4.78 is 22.6. The highest BCUT2D eigenvalue weighted by Crippen LogP contribution is 2.17. The molecule has 1 aliphatic rings. The van der Waals surface area contributed by atoms with Crippen LogP contribution in [0.2, 0.25) is 0 Å². The van der Waals surface area contributed by atoms with Gasteiger partial charge in [0.25, 0.3) is 5.91 Å². The van der Waals surface area contributed by atoms with Gasteiger partial charge < -0.3 is 14.8 Å². The number of nitrogens with zero attached hydrogens (tertiary/aromatic N) is 2. The van der Waals surface area contributed by atoms with Gasteiger partial charge in [-0.1, -0.05) is 18.2 Å². The van der Waals surface area contributed by atoms with Gasteiger partial charge in [0.15, 0.2) is 0 Å². The lowest BCUT2D eigenvalue weighted by Gasteiger charge is -2.21. The molecular formula is C17H23N3O3S. The second-order valence-corrected chi connectivity index (χ2v) is 8.65. The Labute approximate surface area is 142 Å². The topological polar surface area (TPSA) is 73.5 Å². The maximum atomic E-state index is 12.7. The van der Waals surface area contributed by atoms with Gasteiger partial charge in [-0.25, -0.2) is 8.42 Å². The smallest absolute Gasteiger partial charge is 0.270 e. The number of carbonyl (C=O) groups excluding carboxylic acids is 1. The van der Waals surface area contributed by atoms with Crippen LogP contribution in [0.15, 0.2) is 30.3 Å². The van der Waals surface area contributed by atoms with Gasteiger partial charge in [-0.2, -0.15) is 0 Å². The van der Waals surface area contributed by atoms with Crippen molar-refractivity contribution < 1.29 is 13.2 Å². The molecule has 2 aromatic rings. The van der Waals surface area contributed by atoms with Crippen LogP contribution in [0.5, 0.6) is 0 Å². The third kappa shape index (κ3) is 4.15. The summed E-state index contributed by atoms with van der Waals surface area (Å²) >= 11 is 0. The Balaban J connectivity index is 1.64. The molecule has 0 unspecified atom stereocenters. The molecule has 0 spiro atoms. The van der Waals surface area contributed by atoms with E-state index in [2.05, 4.69) is 9.88 Å². The minimum atomic E-state index is -2.95. The highest BCUT2D eigenvalue weighted by atomic mass is 32.2. The van der Waals surface area contributed by atoms with E-state index in [-0.39, 0.29) is 11.7 Å². The van der Waals surface area contributed by atoms with E-state index in [1.807, 2.05) is 35.2 Å². The Hall–Kier alpha value is -1.86. The van der Waals surface area contributed by atoms with E-state index in [0.29, 0.717) is 31.9 Å². The van der Waals surface area contributed by atoms with Gasteiger partial charge in [0.2, 0.25) is 0 Å². The average molecular weight is 349 g/mol. The number of fused-ring (bicyclic) bond motifs is 1. The van der Waals surface area contributed by atoms with Gasteiger partial charge in [0.05, 0.1) is 5.75 Å². The van der Waals surface area contributed by atoms with Crippen molar-refractivity contribution in [3.05, 3.63) is 36.0 Å². The van der Waals surface area contributed by atoms with Crippen LogP contribution in [-0.4, -0.2) is 73.8 Å². The highest BCUT2D eigenvalue weighted by molar-refractivity contribution is 7.90. The predicted octanol–water partition coefficient (Wildman–Crippen LogP) is 1.36. The summed E-state index contributed by atoms with van der Waals surface area (Å²) in [6, 6.07) is 9.73. The molecule has 1 aliphatic heterocycles. The molecule has 130 valence electrons. The lowest BCUT2D eigenvalue weighted by atomic mass is 10.2. The summed E-state index contributed by atoms with van der Waals surface area (Å²) in [7, 11) is -2.95. The van der Waals surface area contributed by atoms with E-state index in [4.69, 9.17) is 0 Å². The summed E-state index contributed by atoms with van der Waals surface area (Å²) in [5.74, 6) is 0.180. The SMILES string of the molecule is CS(=O)(=O)CCN1CCCN(C(=O)c2cc3ccccc3[nH]2)CC1. The first-order valence-corrected chi connectivity index (χ1v) is 10.3. The molecule has 2 heterocycles. The van der Waals surface area contributed by atoms with Crippen LogP contribution in [0.4, 0.5) is 0 Å². The zero-order chi connectivity index (χ0) is 17.2. The molecule has 0 saturated carbocycles. The summed E-state index contributed by atoms with van der Waals surface area (Å²) in [5, 5.41) is 1.03. The number of rotatable bonds is 4. The van der Waals surface area contributed by atoms with Gasteiger partial charge in [-0.15, -0.1) is 0 Å². The number of aromatic nitrogens is 1. The zero-order valence-electron chi connectivity index (χ0n) is 13.9. The summed E-state index contributed by atoms with van der Waals surface area (Å²) in [6.07, 6.45) is 2.12. The molecule has 1 amide bonds. The number of hydrogen-bond acceptors (Lipinski definition) is 4. The Morgan fingerprint density at radius 3 is 2.71 bits per heavy atom. The number of amides is 1. The number of benzene rings is 1. The first-order chi connectivity index (χ1) is 11.4. The molecule has 1 N–H and O–H groups in total. The lowest BCUT2D eigenvalue weighted by molar-refractivity contribution is 0.0757. The second-order valence-electron chi connectivity index (χ2n) is 6.39. The van der Waals surface area contributed by atoms with Crippen molar-refractivity contribution >= 4 is 26.6 Å². The predicted molar refractivity (Wildman–Crippen MR) is 95.0 cm³/mol. The molecule has 1 saturated heterocycles. The van der Waals surface area contributed by atoms with Crippen molar-refractivity contribution in [1.29, 1.82) is 0 Å². The fraction of sp³-hybridized carbons (Fsp3) is 0.471. The van der Waals surface area contributed by atoms with Crippen LogP contribution in [0.3, 0.4) is 0 Å². The van der Waals surface area contributed by atoms with Crippen molar-refractivity contribution in [2.45, 2.75) is 6.42 Å². The molecule has 24 heavy (non-hydrogen) atoms. The number of aromatic amines is 1. The fourth-order valence-corrected chi connectivity index (χ4v) is 3.64. The molecule has 0 bridgehead atoms. The average Bonchev–Trinajstić information content (AvgIpc) is 2.83. The number of sulfone groups is 1. The third-order valence-corrected chi connectivity index (χ3v) is 5.34. The van der Waals surface area contributed by atoms with Gasteiger partial charge in [-0.3, -0.25) is 4.79 Å². The molecule has 0 radical (unpaired) electrons. The normalized spacial score (nSPS) is 17.1. The van der Waals surface area contributed by atoms with E-state index in [0.717, 1.165) is 23.9 Å². The van der Waals surface area contributed by atoms with Gasteiger partial charge in [-0.05, 0) is 25.1 Å². The molecule has 1 aromatic carbocycles. The zero-order valence-corrected chi connectivity index (χ0v) is 14.7. The Morgan fingerprint density at radius 2 is 1.96 bits per heavy atom. The van der Waals surface area contributed by atoms with E-state index >= 15 is 0 Å². The number of nitrogens with one attached hydrogen (secondary N) is 1. The van der Waals surface area contributed by atoms with Gasteiger partial charge >= 0.3 is 0 Å². The van der Waals surface area contributed by atoms with Crippen LogP contribution in [-0.2, 0) is 9.84 Å².